The highest BCUT2D eigenvalue weighted by molar-refractivity contribution is 5.85. The van der Waals surface area contributed by atoms with E-state index in [-0.39, 0.29) is 31.2 Å². The van der Waals surface area contributed by atoms with Crippen LogP contribution in [0.1, 0.15) is 12.0 Å². The van der Waals surface area contributed by atoms with E-state index in [1.54, 1.807) is 24.5 Å². The molecule has 0 spiro atoms. The van der Waals surface area contributed by atoms with Gasteiger partial charge in [-0.2, -0.15) is 0 Å². The third-order valence-electron chi connectivity index (χ3n) is 3.48. The number of carboxylic acid groups (broad SMARTS) is 1. The molecule has 1 aromatic rings. The Morgan fingerprint density at radius 3 is 2.90 bits per heavy atom. The molecule has 8 nitrogen and oxygen atoms in total. The Kier molecular flexibility index (Phi) is 4.73. The maximum Gasteiger partial charge on any atom is 0.326 e. The number of amides is 1. The van der Waals surface area contributed by atoms with Crippen molar-refractivity contribution in [2.75, 3.05) is 13.1 Å². The second-order valence-corrected chi connectivity index (χ2v) is 4.94. The smallest absolute Gasteiger partial charge is 0.326 e. The molecular weight excluding hydrogens is 274 g/mol. The lowest BCUT2D eigenvalue weighted by molar-refractivity contribution is -0.148. The number of carboxylic acids is 1. The van der Waals surface area contributed by atoms with Gasteiger partial charge in [0.25, 0.3) is 0 Å². The van der Waals surface area contributed by atoms with Gasteiger partial charge < -0.3 is 10.0 Å². The van der Waals surface area contributed by atoms with Crippen molar-refractivity contribution in [3.8, 4) is 0 Å². The van der Waals surface area contributed by atoms with Crippen molar-refractivity contribution in [1.29, 1.82) is 0 Å². The Hall–Kier alpha value is -2.60. The van der Waals surface area contributed by atoms with Crippen molar-refractivity contribution in [1.82, 2.24) is 9.88 Å². The molecule has 2 rings (SSSR count). The van der Waals surface area contributed by atoms with Crippen molar-refractivity contribution in [2.24, 2.45) is 11.0 Å². The van der Waals surface area contributed by atoms with Crippen LogP contribution in [0.25, 0.3) is 10.4 Å². The number of carbonyl (C=O) groups excluding carboxylic acids is 1. The fourth-order valence-corrected chi connectivity index (χ4v) is 2.46. The number of aliphatic carboxylic acids is 1. The number of azide groups is 1. The number of hydrogen-bond donors (Lipinski definition) is 1. The number of aromatic nitrogens is 1. The summed E-state index contributed by atoms with van der Waals surface area (Å²) in [5.41, 5.74) is 9.12. The van der Waals surface area contributed by atoms with E-state index in [0.717, 1.165) is 5.56 Å². The zero-order valence-electron chi connectivity index (χ0n) is 11.3. The molecule has 1 aliphatic rings. The molecule has 1 saturated heterocycles. The predicted octanol–water partition coefficient (Wildman–Crippen LogP) is 1.24. The summed E-state index contributed by atoms with van der Waals surface area (Å²) in [6.45, 7) is 0.514. The summed E-state index contributed by atoms with van der Waals surface area (Å²) in [5, 5.41) is 12.8. The molecule has 2 atom stereocenters. The first-order valence-corrected chi connectivity index (χ1v) is 6.54. The summed E-state index contributed by atoms with van der Waals surface area (Å²) < 4.78 is 0. The first-order valence-electron chi connectivity index (χ1n) is 6.54. The summed E-state index contributed by atoms with van der Waals surface area (Å²) in [6.07, 6.45) is 3.63. The summed E-state index contributed by atoms with van der Waals surface area (Å²) in [4.78, 5) is 31.4. The highest BCUT2D eigenvalue weighted by Crippen LogP contribution is 2.22. The van der Waals surface area contributed by atoms with Crippen molar-refractivity contribution in [3.05, 3.63) is 40.5 Å². The third-order valence-corrected chi connectivity index (χ3v) is 3.48. The molecule has 1 N–H and O–H groups in total. The summed E-state index contributed by atoms with van der Waals surface area (Å²) in [5.74, 6) is -1.37. The molecule has 0 aliphatic carbocycles. The van der Waals surface area contributed by atoms with Gasteiger partial charge in [-0.1, -0.05) is 5.11 Å². The predicted molar refractivity (Wildman–Crippen MR) is 73.2 cm³/mol. The fourth-order valence-electron chi connectivity index (χ4n) is 2.46. The van der Waals surface area contributed by atoms with Crippen LogP contribution >= 0.6 is 0 Å². The lowest BCUT2D eigenvalue weighted by atomic mass is 10.1. The Balaban J connectivity index is 2.10. The monoisotopic (exact) mass is 289 g/mol. The van der Waals surface area contributed by atoms with Gasteiger partial charge >= 0.3 is 5.97 Å². The van der Waals surface area contributed by atoms with Gasteiger partial charge in [0.2, 0.25) is 5.91 Å². The molecule has 1 fully saturated rings. The van der Waals surface area contributed by atoms with E-state index in [4.69, 9.17) is 5.53 Å². The molecule has 2 heterocycles. The van der Waals surface area contributed by atoms with Crippen molar-refractivity contribution in [3.63, 3.8) is 0 Å². The molecule has 0 saturated carbocycles. The standard InChI is InChI=1S/C13H15N5O3/c14-17-16-7-10-6-12(19)18(8-10)11(13(20)21)5-9-1-3-15-4-2-9/h1-4,10-11H,5-8H2,(H,20,21). The van der Waals surface area contributed by atoms with Crippen molar-refractivity contribution < 1.29 is 14.7 Å². The lowest BCUT2D eigenvalue weighted by Gasteiger charge is -2.24. The molecule has 0 radical (unpaired) electrons. The van der Waals surface area contributed by atoms with Gasteiger partial charge in [0.1, 0.15) is 6.04 Å². The number of hydrogen-bond acceptors (Lipinski definition) is 4. The molecule has 1 aromatic heterocycles. The number of likely N-dealkylation sites (tertiary alicyclic amines) is 1. The average Bonchev–Trinajstić information content (AvgIpc) is 2.84. The van der Waals surface area contributed by atoms with E-state index >= 15 is 0 Å². The largest absolute Gasteiger partial charge is 0.480 e. The van der Waals surface area contributed by atoms with E-state index in [2.05, 4.69) is 15.0 Å². The number of carbonyl (C=O) groups is 2. The first-order chi connectivity index (χ1) is 10.1. The molecule has 8 heteroatoms. The van der Waals surface area contributed by atoms with Gasteiger partial charge in [-0.05, 0) is 29.1 Å². The Bertz CT molecular complexity index is 570. The molecule has 1 aliphatic heterocycles. The van der Waals surface area contributed by atoms with Gasteiger partial charge in [-0.3, -0.25) is 9.78 Å². The van der Waals surface area contributed by atoms with E-state index in [1.165, 1.54) is 4.90 Å². The maximum absolute atomic E-state index is 12.0. The minimum absolute atomic E-state index is 0.118. The number of pyridine rings is 1. The van der Waals surface area contributed by atoms with Gasteiger partial charge in [0.05, 0.1) is 0 Å². The van der Waals surface area contributed by atoms with E-state index in [9.17, 15) is 14.7 Å². The average molecular weight is 289 g/mol. The SMILES string of the molecule is [N-]=[N+]=NCC1CC(=O)N(C(Cc2ccncc2)C(=O)O)C1. The second kappa shape index (κ2) is 6.71. The van der Waals surface area contributed by atoms with Crippen LogP contribution in [0.2, 0.25) is 0 Å². The normalized spacial score (nSPS) is 19.1. The molecule has 1 amide bonds. The van der Waals surface area contributed by atoms with Crippen LogP contribution in [-0.4, -0.2) is 46.0 Å². The van der Waals surface area contributed by atoms with Crippen LogP contribution < -0.4 is 0 Å². The van der Waals surface area contributed by atoms with Gasteiger partial charge in [-0.15, -0.1) is 0 Å². The molecular formula is C13H15N5O3. The van der Waals surface area contributed by atoms with Gasteiger partial charge in [-0.25, -0.2) is 4.79 Å². The van der Waals surface area contributed by atoms with Crippen molar-refractivity contribution in [2.45, 2.75) is 18.9 Å². The van der Waals surface area contributed by atoms with Crippen LogP contribution in [0, 0.1) is 5.92 Å². The van der Waals surface area contributed by atoms with E-state index < -0.39 is 12.0 Å². The molecule has 0 aromatic carbocycles. The molecule has 21 heavy (non-hydrogen) atoms. The molecule has 2 unspecified atom stereocenters. The topological polar surface area (TPSA) is 119 Å². The minimum Gasteiger partial charge on any atom is -0.480 e. The first kappa shape index (κ1) is 14.8. The number of nitrogens with zero attached hydrogens (tertiary/aromatic N) is 5. The van der Waals surface area contributed by atoms with Crippen LogP contribution in [0.5, 0.6) is 0 Å². The highest BCUT2D eigenvalue weighted by Gasteiger charge is 2.37. The highest BCUT2D eigenvalue weighted by atomic mass is 16.4. The Labute approximate surface area is 121 Å². The van der Waals surface area contributed by atoms with Gasteiger partial charge in [0.15, 0.2) is 0 Å². The van der Waals surface area contributed by atoms with Gasteiger partial charge in [0, 0.05) is 43.2 Å². The lowest BCUT2D eigenvalue weighted by Crippen LogP contribution is -2.43. The zero-order valence-corrected chi connectivity index (χ0v) is 11.3. The van der Waals surface area contributed by atoms with Crippen LogP contribution in [0.3, 0.4) is 0 Å². The van der Waals surface area contributed by atoms with Crippen LogP contribution in [-0.2, 0) is 16.0 Å². The van der Waals surface area contributed by atoms with E-state index in [1.807, 2.05) is 0 Å². The van der Waals surface area contributed by atoms with Crippen LogP contribution in [0.15, 0.2) is 29.6 Å². The second-order valence-electron chi connectivity index (χ2n) is 4.94. The summed E-state index contributed by atoms with van der Waals surface area (Å²) in [6, 6.07) is 2.55. The van der Waals surface area contributed by atoms with Crippen LogP contribution in [0.4, 0.5) is 0 Å². The van der Waals surface area contributed by atoms with Crippen molar-refractivity contribution >= 4 is 11.9 Å². The fraction of sp³-hybridized carbons (Fsp3) is 0.462. The minimum atomic E-state index is -1.04. The zero-order chi connectivity index (χ0) is 15.2. The third kappa shape index (κ3) is 3.70. The molecule has 0 bridgehead atoms. The Morgan fingerprint density at radius 1 is 1.57 bits per heavy atom. The quantitative estimate of drug-likeness (QED) is 0.481. The summed E-state index contributed by atoms with van der Waals surface area (Å²) >= 11 is 0. The Morgan fingerprint density at radius 2 is 2.29 bits per heavy atom. The molecule has 110 valence electrons. The maximum atomic E-state index is 12.0. The number of rotatable bonds is 6. The van der Waals surface area contributed by atoms with E-state index in [0.29, 0.717) is 6.54 Å². The summed E-state index contributed by atoms with van der Waals surface area (Å²) in [7, 11) is 0.